The van der Waals surface area contributed by atoms with E-state index in [1.165, 1.54) is 17.7 Å². The number of anilines is 1. The second-order valence-electron chi connectivity index (χ2n) is 7.65. The van der Waals surface area contributed by atoms with Gasteiger partial charge in [-0.2, -0.15) is 0 Å². The highest BCUT2D eigenvalue weighted by Gasteiger charge is 2.22. The molecule has 0 unspecified atom stereocenters. The molecule has 7 nitrogen and oxygen atoms in total. The van der Waals surface area contributed by atoms with E-state index in [1.807, 2.05) is 12.1 Å². The molecule has 1 aliphatic rings. The van der Waals surface area contributed by atoms with Gasteiger partial charge in [-0.25, -0.2) is 0 Å². The Bertz CT molecular complexity index is 828. The zero-order valence-electron chi connectivity index (χ0n) is 16.7. The number of likely N-dealkylation sites (N-methyl/N-ethyl adjacent to an activating group) is 1. The number of likely N-dealkylation sites (tertiary alicyclic amines) is 1. The van der Waals surface area contributed by atoms with Crippen LogP contribution in [0.15, 0.2) is 48.5 Å². The number of rotatable bonds is 7. The minimum Gasteiger partial charge on any atom is -0.508 e. The fourth-order valence-electron chi connectivity index (χ4n) is 3.71. The van der Waals surface area contributed by atoms with Crippen LogP contribution < -0.4 is 4.90 Å². The first-order chi connectivity index (χ1) is 13.9. The smallest absolute Gasteiger partial charge is 0.269 e. The lowest BCUT2D eigenvalue weighted by molar-refractivity contribution is -0.384. The fraction of sp³-hybridized carbons (Fsp3) is 0.409. The molecule has 1 aliphatic heterocycles. The van der Waals surface area contributed by atoms with E-state index in [-0.39, 0.29) is 11.6 Å². The SMILES string of the molecule is CN(C(=O)CN1CCC(CCc2ccc(O)cc2)CC1)c1ccc([N+](=O)[O-])cc1. The van der Waals surface area contributed by atoms with Crippen LogP contribution in [0.1, 0.15) is 24.8 Å². The summed E-state index contributed by atoms with van der Waals surface area (Å²) in [4.78, 5) is 26.6. The van der Waals surface area contributed by atoms with Crippen LogP contribution in [0.5, 0.6) is 5.75 Å². The normalized spacial score (nSPS) is 15.2. The van der Waals surface area contributed by atoms with E-state index in [0.29, 0.717) is 23.9 Å². The number of nitro groups is 1. The maximum Gasteiger partial charge on any atom is 0.269 e. The molecule has 3 rings (SSSR count). The zero-order chi connectivity index (χ0) is 20.8. The van der Waals surface area contributed by atoms with Crippen molar-refractivity contribution < 1.29 is 14.8 Å². The summed E-state index contributed by atoms with van der Waals surface area (Å²) in [5.74, 6) is 0.939. The molecule has 1 amide bonds. The van der Waals surface area contributed by atoms with Gasteiger partial charge in [-0.05, 0) is 74.5 Å². The maximum atomic E-state index is 12.6. The number of aromatic hydroxyl groups is 1. The van der Waals surface area contributed by atoms with Gasteiger partial charge in [0.25, 0.3) is 5.69 Å². The van der Waals surface area contributed by atoms with E-state index in [9.17, 15) is 20.0 Å². The second-order valence-corrected chi connectivity index (χ2v) is 7.65. The van der Waals surface area contributed by atoms with Crippen LogP contribution in [-0.4, -0.2) is 47.5 Å². The Morgan fingerprint density at radius 2 is 1.76 bits per heavy atom. The number of nitrogens with zero attached hydrogens (tertiary/aromatic N) is 3. The number of aryl methyl sites for hydroxylation is 1. The summed E-state index contributed by atoms with van der Waals surface area (Å²) in [6, 6.07) is 13.4. The highest BCUT2D eigenvalue weighted by Crippen LogP contribution is 2.24. The third-order valence-electron chi connectivity index (χ3n) is 5.67. The lowest BCUT2D eigenvalue weighted by atomic mass is 9.90. The van der Waals surface area contributed by atoms with Crippen molar-refractivity contribution in [1.29, 1.82) is 0 Å². The van der Waals surface area contributed by atoms with E-state index >= 15 is 0 Å². The molecule has 1 saturated heterocycles. The van der Waals surface area contributed by atoms with Crippen LogP contribution in [0.2, 0.25) is 0 Å². The lowest BCUT2D eigenvalue weighted by Crippen LogP contribution is -2.42. The van der Waals surface area contributed by atoms with Crippen LogP contribution in [0.25, 0.3) is 0 Å². The molecule has 0 atom stereocenters. The van der Waals surface area contributed by atoms with Gasteiger partial charge in [0.15, 0.2) is 0 Å². The summed E-state index contributed by atoms with van der Waals surface area (Å²) in [6.07, 6.45) is 4.28. The van der Waals surface area contributed by atoms with Gasteiger partial charge in [-0.15, -0.1) is 0 Å². The van der Waals surface area contributed by atoms with Crippen LogP contribution in [0.4, 0.5) is 11.4 Å². The first kappa shape index (κ1) is 20.8. The molecule has 0 aromatic heterocycles. The third kappa shape index (κ3) is 5.77. The van der Waals surface area contributed by atoms with Gasteiger partial charge in [0, 0.05) is 24.9 Å². The molecular weight excluding hydrogens is 370 g/mol. The molecule has 0 aliphatic carbocycles. The standard InChI is InChI=1S/C22H27N3O4/c1-23(19-6-8-20(9-7-19)25(28)29)22(27)16-24-14-12-18(13-15-24)3-2-17-4-10-21(26)11-5-17/h4-11,18,26H,2-3,12-16H2,1H3. The lowest BCUT2D eigenvalue weighted by Gasteiger charge is -2.32. The van der Waals surface area contributed by atoms with Crippen molar-refractivity contribution in [2.75, 3.05) is 31.6 Å². The Morgan fingerprint density at radius 3 is 2.34 bits per heavy atom. The number of piperidine rings is 1. The van der Waals surface area contributed by atoms with Gasteiger partial charge < -0.3 is 10.0 Å². The van der Waals surface area contributed by atoms with Gasteiger partial charge >= 0.3 is 0 Å². The van der Waals surface area contributed by atoms with Crippen molar-refractivity contribution in [3.8, 4) is 5.75 Å². The molecule has 0 bridgehead atoms. The topological polar surface area (TPSA) is 86.9 Å². The van der Waals surface area contributed by atoms with Gasteiger partial charge in [-0.3, -0.25) is 19.8 Å². The summed E-state index contributed by atoms with van der Waals surface area (Å²) >= 11 is 0. The quantitative estimate of drug-likeness (QED) is 0.570. The van der Waals surface area contributed by atoms with E-state index in [1.54, 1.807) is 36.2 Å². The average Bonchev–Trinajstić information content (AvgIpc) is 2.74. The molecular formula is C22H27N3O4. The van der Waals surface area contributed by atoms with Crippen LogP contribution in [-0.2, 0) is 11.2 Å². The predicted octanol–water partition coefficient (Wildman–Crippen LogP) is 3.61. The Labute approximate surface area is 170 Å². The molecule has 0 saturated carbocycles. The number of amides is 1. The summed E-state index contributed by atoms with van der Waals surface area (Å²) in [7, 11) is 1.70. The molecule has 2 aromatic carbocycles. The minimum absolute atomic E-state index is 0.0126. The van der Waals surface area contributed by atoms with E-state index in [4.69, 9.17) is 0 Å². The van der Waals surface area contributed by atoms with Crippen molar-refractivity contribution in [3.05, 3.63) is 64.2 Å². The molecule has 0 spiro atoms. The molecule has 2 aromatic rings. The highest BCUT2D eigenvalue weighted by atomic mass is 16.6. The number of phenolic OH excluding ortho intramolecular Hbond substituents is 1. The Morgan fingerprint density at radius 1 is 1.14 bits per heavy atom. The maximum absolute atomic E-state index is 12.6. The van der Waals surface area contributed by atoms with Crippen molar-refractivity contribution in [2.24, 2.45) is 5.92 Å². The highest BCUT2D eigenvalue weighted by molar-refractivity contribution is 5.94. The van der Waals surface area contributed by atoms with Gasteiger partial charge in [0.1, 0.15) is 5.75 Å². The number of nitro benzene ring substituents is 1. The number of non-ortho nitro benzene ring substituents is 1. The van der Waals surface area contributed by atoms with Crippen molar-refractivity contribution in [3.63, 3.8) is 0 Å². The first-order valence-corrected chi connectivity index (χ1v) is 9.93. The van der Waals surface area contributed by atoms with Crippen LogP contribution in [0.3, 0.4) is 0 Å². The Kier molecular flexibility index (Phi) is 6.82. The summed E-state index contributed by atoms with van der Waals surface area (Å²) in [5.41, 5.74) is 1.92. The molecule has 1 fully saturated rings. The fourth-order valence-corrected chi connectivity index (χ4v) is 3.71. The summed E-state index contributed by atoms with van der Waals surface area (Å²) in [6.45, 7) is 2.17. The number of hydrogen-bond acceptors (Lipinski definition) is 5. The van der Waals surface area contributed by atoms with E-state index in [0.717, 1.165) is 38.8 Å². The number of carbonyl (C=O) groups is 1. The molecule has 0 radical (unpaired) electrons. The van der Waals surface area contributed by atoms with Crippen molar-refractivity contribution in [1.82, 2.24) is 4.90 Å². The van der Waals surface area contributed by atoms with Crippen LogP contribution >= 0.6 is 0 Å². The van der Waals surface area contributed by atoms with Gasteiger partial charge in [-0.1, -0.05) is 12.1 Å². The van der Waals surface area contributed by atoms with Crippen molar-refractivity contribution in [2.45, 2.75) is 25.7 Å². The largest absolute Gasteiger partial charge is 0.508 e. The zero-order valence-corrected chi connectivity index (χ0v) is 16.7. The molecule has 7 heteroatoms. The van der Waals surface area contributed by atoms with Gasteiger partial charge in [0.2, 0.25) is 5.91 Å². The number of benzene rings is 2. The number of phenols is 1. The van der Waals surface area contributed by atoms with Gasteiger partial charge in [0.05, 0.1) is 11.5 Å². The van der Waals surface area contributed by atoms with Crippen molar-refractivity contribution >= 4 is 17.3 Å². The number of hydrogen-bond donors (Lipinski definition) is 1. The van der Waals surface area contributed by atoms with Crippen LogP contribution in [0, 0.1) is 16.0 Å². The monoisotopic (exact) mass is 397 g/mol. The number of carbonyl (C=O) groups excluding carboxylic acids is 1. The molecule has 1 heterocycles. The summed E-state index contributed by atoms with van der Waals surface area (Å²) in [5, 5.41) is 20.1. The minimum atomic E-state index is -0.447. The third-order valence-corrected chi connectivity index (χ3v) is 5.67. The second kappa shape index (κ2) is 9.52. The van der Waals surface area contributed by atoms with E-state index < -0.39 is 4.92 Å². The predicted molar refractivity (Wildman–Crippen MR) is 112 cm³/mol. The Hall–Kier alpha value is -2.93. The molecule has 1 N–H and O–H groups in total. The Balaban J connectivity index is 1.43. The average molecular weight is 397 g/mol. The molecule has 29 heavy (non-hydrogen) atoms. The van der Waals surface area contributed by atoms with E-state index in [2.05, 4.69) is 4.90 Å². The summed E-state index contributed by atoms with van der Waals surface area (Å²) < 4.78 is 0. The first-order valence-electron chi connectivity index (χ1n) is 9.93. The molecule has 154 valence electrons.